The van der Waals surface area contributed by atoms with E-state index in [4.69, 9.17) is 19.4 Å². The van der Waals surface area contributed by atoms with Crippen LogP contribution in [-0.2, 0) is 24.3 Å². The first kappa shape index (κ1) is 30.7. The number of piperazine rings is 1. The normalized spacial score (nSPS) is 20.3. The van der Waals surface area contributed by atoms with Crippen molar-refractivity contribution in [1.29, 1.82) is 5.26 Å². The second-order valence-electron chi connectivity index (χ2n) is 12.3. The molecule has 6 rings (SSSR count). The number of anilines is 2. The summed E-state index contributed by atoms with van der Waals surface area (Å²) in [6, 6.07) is 20.9. The molecule has 2 aromatic carbocycles. The van der Waals surface area contributed by atoms with E-state index in [9.17, 15) is 10.1 Å². The van der Waals surface area contributed by atoms with Gasteiger partial charge >= 0.3 is 12.1 Å². The van der Waals surface area contributed by atoms with Crippen molar-refractivity contribution in [3.05, 3.63) is 77.0 Å². The number of benzene rings is 2. The summed E-state index contributed by atoms with van der Waals surface area (Å²) >= 11 is 0. The average molecular weight is 610 g/mol. The highest BCUT2D eigenvalue weighted by Gasteiger charge is 2.34. The summed E-state index contributed by atoms with van der Waals surface area (Å²) < 4.78 is 12.0. The minimum atomic E-state index is -0.390. The van der Waals surface area contributed by atoms with Gasteiger partial charge in [-0.3, -0.25) is 0 Å². The maximum atomic E-state index is 13.2. The molecule has 0 radical (unpaired) electrons. The maximum absolute atomic E-state index is 13.2. The SMILES string of the molecule is Cc1ccccc1N1CCCc2c(nc(OC[C@@H]3CCCN3C)nc2N2CCN(C(=O)OCc3ccccc3)[C@@H](CC#N)C2)C1. The predicted molar refractivity (Wildman–Crippen MR) is 173 cm³/mol. The number of ether oxygens (including phenoxy) is 2. The highest BCUT2D eigenvalue weighted by Crippen LogP contribution is 2.33. The van der Waals surface area contributed by atoms with E-state index in [2.05, 4.69) is 59.0 Å². The van der Waals surface area contributed by atoms with Crippen molar-refractivity contribution < 1.29 is 14.3 Å². The van der Waals surface area contributed by atoms with Crippen LogP contribution < -0.4 is 14.5 Å². The number of aryl methyl sites for hydroxylation is 1. The lowest BCUT2D eigenvalue weighted by Gasteiger charge is -2.41. The molecular weight excluding hydrogens is 566 g/mol. The van der Waals surface area contributed by atoms with E-state index in [1.165, 1.54) is 17.7 Å². The number of hydrogen-bond acceptors (Lipinski definition) is 9. The first-order chi connectivity index (χ1) is 22.0. The van der Waals surface area contributed by atoms with Gasteiger partial charge < -0.3 is 29.1 Å². The zero-order valence-corrected chi connectivity index (χ0v) is 26.4. The Kier molecular flexibility index (Phi) is 9.65. The zero-order valence-electron chi connectivity index (χ0n) is 26.4. The lowest BCUT2D eigenvalue weighted by atomic mass is 10.1. The number of fused-ring (bicyclic) bond motifs is 1. The smallest absolute Gasteiger partial charge is 0.410 e. The molecule has 0 N–H and O–H groups in total. The summed E-state index contributed by atoms with van der Waals surface area (Å²) in [5, 5.41) is 9.71. The number of likely N-dealkylation sites (N-methyl/N-ethyl adjacent to an activating group) is 1. The van der Waals surface area contributed by atoms with Crippen molar-refractivity contribution in [3.8, 4) is 12.1 Å². The van der Waals surface area contributed by atoms with Crippen molar-refractivity contribution in [2.75, 3.05) is 56.2 Å². The fourth-order valence-electron chi connectivity index (χ4n) is 6.77. The number of para-hydroxylation sites is 1. The molecule has 0 unspecified atom stereocenters. The highest BCUT2D eigenvalue weighted by atomic mass is 16.6. The molecule has 10 heteroatoms. The highest BCUT2D eigenvalue weighted by molar-refractivity contribution is 5.69. The average Bonchev–Trinajstić information content (AvgIpc) is 3.35. The summed E-state index contributed by atoms with van der Waals surface area (Å²) in [7, 11) is 2.14. The third-order valence-corrected chi connectivity index (χ3v) is 9.33. The van der Waals surface area contributed by atoms with Crippen LogP contribution in [0.15, 0.2) is 54.6 Å². The molecular formula is C35H43N7O3. The fourth-order valence-corrected chi connectivity index (χ4v) is 6.77. The Balaban J connectivity index is 1.25. The van der Waals surface area contributed by atoms with Crippen LogP contribution in [0.5, 0.6) is 6.01 Å². The lowest BCUT2D eigenvalue weighted by Crippen LogP contribution is -2.55. The molecule has 1 amide bonds. The standard InChI is InChI=1S/C35H43N7O3/c1-26-10-6-7-15-32(26)40-19-9-14-30-31(23-40)37-34(44-25-29-13-8-18-39(29)2)38-33(30)41-20-21-42(28(22-41)16-17-36)35(43)45-24-27-11-4-3-5-12-27/h3-7,10-12,15,28-29H,8-9,13-14,16,18-25H2,1-2H3/t28-,29-/m0/s1. The molecule has 3 aromatic rings. The fraction of sp³-hybridized carbons (Fsp3) is 0.486. The molecule has 2 saturated heterocycles. The summed E-state index contributed by atoms with van der Waals surface area (Å²) in [5.41, 5.74) is 5.51. The molecule has 1 aromatic heterocycles. The van der Waals surface area contributed by atoms with E-state index >= 15 is 0 Å². The molecule has 236 valence electrons. The molecule has 10 nitrogen and oxygen atoms in total. The van der Waals surface area contributed by atoms with Gasteiger partial charge in [0.05, 0.1) is 30.8 Å². The van der Waals surface area contributed by atoms with Crippen LogP contribution in [0.2, 0.25) is 0 Å². The van der Waals surface area contributed by atoms with Gasteiger partial charge in [-0.05, 0) is 63.4 Å². The van der Waals surface area contributed by atoms with Gasteiger partial charge in [-0.1, -0.05) is 48.5 Å². The van der Waals surface area contributed by atoms with Gasteiger partial charge in [0.1, 0.15) is 19.0 Å². The van der Waals surface area contributed by atoms with E-state index in [0.29, 0.717) is 44.8 Å². The van der Waals surface area contributed by atoms with Gasteiger partial charge in [-0.2, -0.15) is 15.2 Å². The molecule has 0 saturated carbocycles. The van der Waals surface area contributed by atoms with Gasteiger partial charge in [0.2, 0.25) is 0 Å². The quantitative estimate of drug-likeness (QED) is 0.351. The number of nitrogens with zero attached hydrogens (tertiary/aromatic N) is 7. The van der Waals surface area contributed by atoms with Crippen molar-refractivity contribution >= 4 is 17.6 Å². The van der Waals surface area contributed by atoms with Crippen LogP contribution in [0.4, 0.5) is 16.3 Å². The van der Waals surface area contributed by atoms with Gasteiger partial charge in [0.15, 0.2) is 0 Å². The van der Waals surface area contributed by atoms with Crippen LogP contribution in [-0.4, -0.2) is 84.3 Å². The Morgan fingerprint density at radius 1 is 0.978 bits per heavy atom. The molecule has 4 heterocycles. The van der Waals surface area contributed by atoms with Crippen molar-refractivity contribution in [2.24, 2.45) is 0 Å². The first-order valence-electron chi connectivity index (χ1n) is 16.1. The summed E-state index contributed by atoms with van der Waals surface area (Å²) in [6.45, 7) is 7.08. The second kappa shape index (κ2) is 14.2. The largest absolute Gasteiger partial charge is 0.462 e. The molecule has 0 bridgehead atoms. The van der Waals surface area contributed by atoms with E-state index in [0.717, 1.165) is 55.0 Å². The third kappa shape index (κ3) is 7.15. The van der Waals surface area contributed by atoms with Gasteiger partial charge in [-0.15, -0.1) is 0 Å². The first-order valence-corrected chi connectivity index (χ1v) is 16.1. The van der Waals surface area contributed by atoms with Crippen molar-refractivity contribution in [3.63, 3.8) is 0 Å². The van der Waals surface area contributed by atoms with E-state index < -0.39 is 0 Å². The Morgan fingerprint density at radius 2 is 1.80 bits per heavy atom. The number of amides is 1. The summed E-state index contributed by atoms with van der Waals surface area (Å²) in [5.74, 6) is 0.863. The lowest BCUT2D eigenvalue weighted by molar-refractivity contribution is 0.0767. The van der Waals surface area contributed by atoms with Crippen LogP contribution in [0, 0.1) is 18.3 Å². The summed E-state index contributed by atoms with van der Waals surface area (Å²) in [6.07, 6.45) is 3.92. The monoisotopic (exact) mass is 609 g/mol. The van der Waals surface area contributed by atoms with Gasteiger partial charge in [-0.25, -0.2) is 4.79 Å². The van der Waals surface area contributed by atoms with Crippen LogP contribution in [0.3, 0.4) is 0 Å². The number of hydrogen-bond donors (Lipinski definition) is 0. The maximum Gasteiger partial charge on any atom is 0.410 e. The van der Waals surface area contributed by atoms with Crippen LogP contribution >= 0.6 is 0 Å². The second-order valence-corrected chi connectivity index (χ2v) is 12.3. The zero-order chi connectivity index (χ0) is 31.2. The van der Waals surface area contributed by atoms with E-state index in [-0.39, 0.29) is 25.2 Å². The number of nitriles is 1. The number of likely N-dealkylation sites (tertiary alicyclic amines) is 1. The van der Waals surface area contributed by atoms with Crippen LogP contribution in [0.1, 0.15) is 48.1 Å². The molecule has 0 spiro atoms. The molecule has 45 heavy (non-hydrogen) atoms. The Bertz CT molecular complexity index is 1510. The van der Waals surface area contributed by atoms with Gasteiger partial charge in [0, 0.05) is 43.5 Å². The van der Waals surface area contributed by atoms with Gasteiger partial charge in [0.25, 0.3) is 0 Å². The Morgan fingerprint density at radius 3 is 2.58 bits per heavy atom. The van der Waals surface area contributed by atoms with E-state index in [1.54, 1.807) is 4.90 Å². The number of carbonyl (C=O) groups excluding carboxylic acids is 1. The van der Waals surface area contributed by atoms with Crippen LogP contribution in [0.25, 0.3) is 0 Å². The molecule has 0 aliphatic carbocycles. The van der Waals surface area contributed by atoms with E-state index in [1.807, 2.05) is 30.3 Å². The Hall–Kier alpha value is -4.36. The minimum Gasteiger partial charge on any atom is -0.462 e. The molecule has 3 aliphatic rings. The Labute approximate surface area is 266 Å². The molecule has 3 aliphatic heterocycles. The minimum absolute atomic E-state index is 0.201. The molecule has 2 fully saturated rings. The molecule has 2 atom stereocenters. The van der Waals surface area contributed by atoms with Crippen molar-refractivity contribution in [2.45, 2.75) is 64.3 Å². The van der Waals surface area contributed by atoms with Crippen molar-refractivity contribution in [1.82, 2.24) is 19.8 Å². The predicted octanol–water partition coefficient (Wildman–Crippen LogP) is 4.95. The number of carbonyl (C=O) groups is 1. The number of rotatable bonds is 8. The number of aromatic nitrogens is 2. The topological polar surface area (TPSA) is 98.1 Å². The third-order valence-electron chi connectivity index (χ3n) is 9.33. The summed E-state index contributed by atoms with van der Waals surface area (Å²) in [4.78, 5) is 31.9.